The Morgan fingerprint density at radius 3 is 2.29 bits per heavy atom. The molecule has 1 aromatic carbocycles. The molecule has 4 heteroatoms. The molecule has 3 nitrogen and oxygen atoms in total. The van der Waals surface area contributed by atoms with Crippen LogP contribution in [0, 0.1) is 13.8 Å². The molecule has 0 atom stereocenters. The second kappa shape index (κ2) is 5.27. The minimum atomic E-state index is 0.737. The van der Waals surface area contributed by atoms with Crippen molar-refractivity contribution in [3.05, 3.63) is 52.0 Å². The Hall–Kier alpha value is -1.42. The van der Waals surface area contributed by atoms with Gasteiger partial charge >= 0.3 is 0 Å². The molecule has 0 amide bonds. The molecular weight excluding hydrogens is 278 g/mol. The molecule has 2 rings (SSSR count). The van der Waals surface area contributed by atoms with Gasteiger partial charge in [-0.3, -0.25) is 0 Å². The molecule has 0 aliphatic heterocycles. The number of halogens is 1. The normalized spacial score (nSPS) is 10.3. The fourth-order valence-corrected chi connectivity index (χ4v) is 1.90. The highest BCUT2D eigenvalue weighted by Gasteiger charge is 2.02. The Balaban J connectivity index is 2.10. The lowest BCUT2D eigenvalue weighted by Gasteiger charge is -2.10. The molecule has 0 saturated carbocycles. The maximum Gasteiger partial charge on any atom is 0.115 e. The standard InChI is InChI=1S/C13H14BrN3/c1-9-3-12(4-10(2)13(9)14)17-7-11-5-15-8-16-6-11/h3-6,8,17H,7H2,1-2H3. The van der Waals surface area contributed by atoms with E-state index in [0.29, 0.717) is 0 Å². The number of aromatic nitrogens is 2. The Morgan fingerprint density at radius 2 is 1.71 bits per heavy atom. The van der Waals surface area contributed by atoms with Crippen molar-refractivity contribution in [2.45, 2.75) is 20.4 Å². The van der Waals surface area contributed by atoms with Gasteiger partial charge in [0.2, 0.25) is 0 Å². The van der Waals surface area contributed by atoms with Gasteiger partial charge in [0.1, 0.15) is 6.33 Å². The van der Waals surface area contributed by atoms with Crippen LogP contribution in [0.15, 0.2) is 35.3 Å². The lowest BCUT2D eigenvalue weighted by molar-refractivity contribution is 1.05. The number of rotatable bonds is 3. The molecule has 0 saturated heterocycles. The highest BCUT2D eigenvalue weighted by atomic mass is 79.9. The molecule has 1 N–H and O–H groups in total. The van der Waals surface area contributed by atoms with Crippen LogP contribution in [-0.2, 0) is 6.54 Å². The number of nitrogens with zero attached hydrogens (tertiary/aromatic N) is 2. The van der Waals surface area contributed by atoms with Crippen LogP contribution < -0.4 is 5.32 Å². The van der Waals surface area contributed by atoms with Crippen molar-refractivity contribution in [2.24, 2.45) is 0 Å². The van der Waals surface area contributed by atoms with E-state index in [9.17, 15) is 0 Å². The molecule has 1 heterocycles. The van der Waals surface area contributed by atoms with Gasteiger partial charge in [-0.15, -0.1) is 0 Å². The smallest absolute Gasteiger partial charge is 0.115 e. The largest absolute Gasteiger partial charge is 0.381 e. The second-order valence-electron chi connectivity index (χ2n) is 4.02. The van der Waals surface area contributed by atoms with Gasteiger partial charge in [-0.05, 0) is 37.1 Å². The van der Waals surface area contributed by atoms with E-state index >= 15 is 0 Å². The van der Waals surface area contributed by atoms with Crippen molar-refractivity contribution in [1.82, 2.24) is 9.97 Å². The van der Waals surface area contributed by atoms with Crippen molar-refractivity contribution in [2.75, 3.05) is 5.32 Å². The van der Waals surface area contributed by atoms with Gasteiger partial charge in [-0.1, -0.05) is 15.9 Å². The van der Waals surface area contributed by atoms with Crippen LogP contribution in [0.25, 0.3) is 0 Å². The third-order valence-corrected chi connectivity index (χ3v) is 3.80. The third kappa shape index (κ3) is 3.03. The van der Waals surface area contributed by atoms with Crippen molar-refractivity contribution in [1.29, 1.82) is 0 Å². The van der Waals surface area contributed by atoms with Crippen LogP contribution in [0.3, 0.4) is 0 Å². The summed E-state index contributed by atoms with van der Waals surface area (Å²) in [7, 11) is 0. The van der Waals surface area contributed by atoms with E-state index in [1.165, 1.54) is 21.9 Å². The molecule has 0 radical (unpaired) electrons. The summed E-state index contributed by atoms with van der Waals surface area (Å²) in [6, 6.07) is 4.25. The van der Waals surface area contributed by atoms with E-state index in [2.05, 4.69) is 57.2 Å². The molecule has 17 heavy (non-hydrogen) atoms. The van der Waals surface area contributed by atoms with Gasteiger partial charge in [0.25, 0.3) is 0 Å². The third-order valence-electron chi connectivity index (χ3n) is 2.55. The van der Waals surface area contributed by atoms with E-state index in [0.717, 1.165) is 17.8 Å². The summed E-state index contributed by atoms with van der Waals surface area (Å²) in [5.41, 5.74) is 4.66. The van der Waals surface area contributed by atoms with E-state index in [-0.39, 0.29) is 0 Å². The minimum Gasteiger partial charge on any atom is -0.381 e. The molecule has 1 aromatic heterocycles. The fourth-order valence-electron chi connectivity index (χ4n) is 1.67. The van der Waals surface area contributed by atoms with Crippen LogP contribution in [0.1, 0.15) is 16.7 Å². The number of benzene rings is 1. The van der Waals surface area contributed by atoms with Gasteiger partial charge in [0, 0.05) is 34.7 Å². The summed E-state index contributed by atoms with van der Waals surface area (Å²) in [5.74, 6) is 0. The number of aryl methyl sites for hydroxylation is 2. The summed E-state index contributed by atoms with van der Waals surface area (Å²) in [5, 5.41) is 3.37. The molecule has 0 aliphatic carbocycles. The Bertz CT molecular complexity index is 488. The van der Waals surface area contributed by atoms with Crippen LogP contribution in [0.4, 0.5) is 5.69 Å². The maximum absolute atomic E-state index is 3.99. The number of nitrogens with one attached hydrogen (secondary N) is 1. The number of anilines is 1. The summed E-state index contributed by atoms with van der Waals surface area (Å²) in [6.07, 6.45) is 5.18. The Labute approximate surface area is 109 Å². The van der Waals surface area contributed by atoms with E-state index in [1.807, 2.05) is 12.4 Å². The van der Waals surface area contributed by atoms with Crippen molar-refractivity contribution >= 4 is 21.6 Å². The summed E-state index contributed by atoms with van der Waals surface area (Å²) >= 11 is 3.56. The second-order valence-corrected chi connectivity index (χ2v) is 4.82. The average molecular weight is 292 g/mol. The summed E-state index contributed by atoms with van der Waals surface area (Å²) in [6.45, 7) is 4.92. The number of hydrogen-bond donors (Lipinski definition) is 1. The van der Waals surface area contributed by atoms with E-state index < -0.39 is 0 Å². The molecular formula is C13H14BrN3. The average Bonchev–Trinajstić information content (AvgIpc) is 2.34. The molecule has 0 fully saturated rings. The topological polar surface area (TPSA) is 37.8 Å². The van der Waals surface area contributed by atoms with Crippen LogP contribution in [-0.4, -0.2) is 9.97 Å². The zero-order chi connectivity index (χ0) is 12.3. The Morgan fingerprint density at radius 1 is 1.12 bits per heavy atom. The summed E-state index contributed by atoms with van der Waals surface area (Å²) in [4.78, 5) is 7.98. The molecule has 0 aliphatic rings. The molecule has 2 aromatic rings. The van der Waals surface area contributed by atoms with Crippen LogP contribution in [0.5, 0.6) is 0 Å². The molecule has 88 valence electrons. The van der Waals surface area contributed by atoms with Crippen LogP contribution in [0.2, 0.25) is 0 Å². The van der Waals surface area contributed by atoms with Gasteiger partial charge in [0.15, 0.2) is 0 Å². The Kier molecular flexibility index (Phi) is 3.74. The quantitative estimate of drug-likeness (QED) is 0.941. The van der Waals surface area contributed by atoms with Crippen molar-refractivity contribution in [3.63, 3.8) is 0 Å². The zero-order valence-corrected chi connectivity index (χ0v) is 11.5. The first-order chi connectivity index (χ1) is 8.16. The van der Waals surface area contributed by atoms with E-state index in [1.54, 1.807) is 0 Å². The monoisotopic (exact) mass is 291 g/mol. The molecule has 0 spiro atoms. The minimum absolute atomic E-state index is 0.737. The lowest BCUT2D eigenvalue weighted by Crippen LogP contribution is -2.01. The highest BCUT2D eigenvalue weighted by molar-refractivity contribution is 9.10. The molecule has 0 bridgehead atoms. The summed E-state index contributed by atoms with van der Waals surface area (Å²) < 4.78 is 1.17. The van der Waals surface area contributed by atoms with Gasteiger partial charge < -0.3 is 5.32 Å². The van der Waals surface area contributed by atoms with Crippen molar-refractivity contribution in [3.8, 4) is 0 Å². The first kappa shape index (κ1) is 12.0. The highest BCUT2D eigenvalue weighted by Crippen LogP contribution is 2.25. The van der Waals surface area contributed by atoms with Crippen LogP contribution >= 0.6 is 15.9 Å². The predicted octanol–water partition coefficient (Wildman–Crippen LogP) is 3.47. The number of hydrogen-bond acceptors (Lipinski definition) is 3. The molecule has 0 unspecified atom stereocenters. The van der Waals surface area contributed by atoms with Gasteiger partial charge in [-0.25, -0.2) is 9.97 Å². The fraction of sp³-hybridized carbons (Fsp3) is 0.231. The first-order valence-corrected chi connectivity index (χ1v) is 6.20. The maximum atomic E-state index is 3.99. The predicted molar refractivity (Wildman–Crippen MR) is 73.0 cm³/mol. The lowest BCUT2D eigenvalue weighted by atomic mass is 10.1. The SMILES string of the molecule is Cc1cc(NCc2cncnc2)cc(C)c1Br. The van der Waals surface area contributed by atoms with Gasteiger partial charge in [-0.2, -0.15) is 0 Å². The first-order valence-electron chi connectivity index (χ1n) is 5.41. The van der Waals surface area contributed by atoms with Crippen molar-refractivity contribution < 1.29 is 0 Å². The van der Waals surface area contributed by atoms with E-state index in [4.69, 9.17) is 0 Å². The van der Waals surface area contributed by atoms with Gasteiger partial charge in [0.05, 0.1) is 0 Å². The zero-order valence-electron chi connectivity index (χ0n) is 9.87.